The van der Waals surface area contributed by atoms with Gasteiger partial charge < -0.3 is 19.7 Å². The van der Waals surface area contributed by atoms with Crippen molar-refractivity contribution < 1.29 is 9.47 Å². The van der Waals surface area contributed by atoms with E-state index in [0.29, 0.717) is 12.5 Å². The van der Waals surface area contributed by atoms with Crippen LogP contribution in [0.15, 0.2) is 54.6 Å². The van der Waals surface area contributed by atoms with Gasteiger partial charge >= 0.3 is 0 Å². The molecule has 6 nitrogen and oxygen atoms in total. The summed E-state index contributed by atoms with van der Waals surface area (Å²) in [5.41, 5.74) is 1.72. The maximum absolute atomic E-state index is 6.07. The Balaban J connectivity index is 1.53. The highest BCUT2D eigenvalue weighted by Gasteiger charge is 2.20. The molecule has 2 heterocycles. The third-order valence-electron chi connectivity index (χ3n) is 4.47. The number of benzene rings is 2. The predicted octanol–water partition coefficient (Wildman–Crippen LogP) is 2.89. The summed E-state index contributed by atoms with van der Waals surface area (Å²) < 4.78 is 12.0. The van der Waals surface area contributed by atoms with Crippen molar-refractivity contribution in [1.29, 1.82) is 0 Å². The molecule has 4 rings (SSSR count). The Hall–Kier alpha value is -2.86. The number of fused-ring (bicyclic) bond motifs is 1. The number of piperazine rings is 1. The first kappa shape index (κ1) is 17.5. The highest BCUT2D eigenvalue weighted by Crippen LogP contribution is 2.27. The fourth-order valence-electron chi connectivity index (χ4n) is 3.12. The van der Waals surface area contributed by atoms with Crippen LogP contribution in [0.1, 0.15) is 6.92 Å². The van der Waals surface area contributed by atoms with Crippen LogP contribution < -0.4 is 19.7 Å². The average Bonchev–Trinajstić information content (AvgIpc) is 2.73. The number of rotatable bonds is 6. The van der Waals surface area contributed by atoms with Crippen LogP contribution in [0.2, 0.25) is 0 Å². The summed E-state index contributed by atoms with van der Waals surface area (Å²) >= 11 is 0. The molecule has 140 valence electrons. The van der Waals surface area contributed by atoms with Crippen molar-refractivity contribution in [3.63, 3.8) is 0 Å². The Kier molecular flexibility index (Phi) is 5.34. The van der Waals surface area contributed by atoms with E-state index in [-0.39, 0.29) is 6.10 Å². The number of anilines is 1. The molecular weight excluding hydrogens is 340 g/mol. The first-order valence-electron chi connectivity index (χ1n) is 9.36. The molecule has 0 spiro atoms. The van der Waals surface area contributed by atoms with Crippen molar-refractivity contribution in [3.05, 3.63) is 54.6 Å². The molecule has 1 N–H and O–H groups in total. The van der Waals surface area contributed by atoms with Crippen LogP contribution in [0, 0.1) is 0 Å². The molecule has 6 heteroatoms. The normalized spacial score (nSPS) is 15.5. The zero-order valence-electron chi connectivity index (χ0n) is 15.5. The summed E-state index contributed by atoms with van der Waals surface area (Å²) in [4.78, 5) is 11.8. The lowest BCUT2D eigenvalue weighted by molar-refractivity contribution is 0.140. The van der Waals surface area contributed by atoms with Crippen LogP contribution in [0.25, 0.3) is 11.0 Å². The molecule has 27 heavy (non-hydrogen) atoms. The molecule has 1 aliphatic rings. The standard InChI is InChI=1S/C21H24N4O2/c1-16(27-17-7-3-2-4-8-17)15-26-21-20(25-13-11-22-12-14-25)23-18-9-5-6-10-19(18)24-21/h2-10,16,22H,11-15H2,1H3. The van der Waals surface area contributed by atoms with Gasteiger partial charge in [0.2, 0.25) is 0 Å². The van der Waals surface area contributed by atoms with E-state index in [0.717, 1.165) is 48.8 Å². The first-order valence-corrected chi connectivity index (χ1v) is 9.36. The molecule has 0 saturated carbocycles. The van der Waals surface area contributed by atoms with Crippen molar-refractivity contribution in [2.75, 3.05) is 37.7 Å². The second kappa shape index (κ2) is 8.22. The van der Waals surface area contributed by atoms with Crippen LogP contribution in [0.4, 0.5) is 5.82 Å². The second-order valence-electron chi connectivity index (χ2n) is 6.63. The summed E-state index contributed by atoms with van der Waals surface area (Å²) in [6.45, 7) is 6.04. The third kappa shape index (κ3) is 4.28. The summed E-state index contributed by atoms with van der Waals surface area (Å²) in [6.07, 6.45) is -0.100. The number of hydrogen-bond acceptors (Lipinski definition) is 6. The molecule has 0 amide bonds. The summed E-state index contributed by atoms with van der Waals surface area (Å²) in [7, 11) is 0. The van der Waals surface area contributed by atoms with E-state index in [2.05, 4.69) is 10.2 Å². The fraction of sp³-hybridized carbons (Fsp3) is 0.333. The van der Waals surface area contributed by atoms with E-state index < -0.39 is 0 Å². The van der Waals surface area contributed by atoms with Gasteiger partial charge in [-0.2, -0.15) is 0 Å². The molecule has 2 aromatic carbocycles. The van der Waals surface area contributed by atoms with Crippen molar-refractivity contribution in [2.45, 2.75) is 13.0 Å². The van der Waals surface area contributed by atoms with Gasteiger partial charge in [0.15, 0.2) is 5.82 Å². The Bertz CT molecular complexity index is 882. The highest BCUT2D eigenvalue weighted by atomic mass is 16.5. The lowest BCUT2D eigenvalue weighted by atomic mass is 10.3. The first-order chi connectivity index (χ1) is 13.3. The number of nitrogens with zero attached hydrogens (tertiary/aromatic N) is 3. The van der Waals surface area contributed by atoms with Crippen LogP contribution in [0.3, 0.4) is 0 Å². The van der Waals surface area contributed by atoms with Gasteiger partial charge in [-0.05, 0) is 31.2 Å². The minimum absolute atomic E-state index is 0.100. The van der Waals surface area contributed by atoms with Gasteiger partial charge in [0.05, 0.1) is 11.0 Å². The number of hydrogen-bond donors (Lipinski definition) is 1. The maximum atomic E-state index is 6.07. The van der Waals surface area contributed by atoms with Gasteiger partial charge in [0, 0.05) is 26.2 Å². The van der Waals surface area contributed by atoms with Crippen LogP contribution >= 0.6 is 0 Å². The van der Waals surface area contributed by atoms with Gasteiger partial charge in [-0.3, -0.25) is 0 Å². The Morgan fingerprint density at radius 1 is 0.963 bits per heavy atom. The predicted molar refractivity (Wildman–Crippen MR) is 107 cm³/mol. The van der Waals surface area contributed by atoms with Gasteiger partial charge in [-0.1, -0.05) is 30.3 Å². The number of ether oxygens (including phenoxy) is 2. The molecule has 1 aliphatic heterocycles. The van der Waals surface area contributed by atoms with Crippen LogP contribution in [-0.2, 0) is 0 Å². The highest BCUT2D eigenvalue weighted by molar-refractivity contribution is 5.77. The lowest BCUT2D eigenvalue weighted by Crippen LogP contribution is -2.44. The Morgan fingerprint density at radius 2 is 1.63 bits per heavy atom. The lowest BCUT2D eigenvalue weighted by Gasteiger charge is -2.29. The van der Waals surface area contributed by atoms with E-state index in [1.165, 1.54) is 0 Å². The van der Waals surface area contributed by atoms with Gasteiger partial charge in [0.1, 0.15) is 18.5 Å². The molecule has 1 unspecified atom stereocenters. The van der Waals surface area contributed by atoms with E-state index in [1.54, 1.807) is 0 Å². The van der Waals surface area contributed by atoms with E-state index in [1.807, 2.05) is 61.5 Å². The molecule has 1 fully saturated rings. The molecule has 0 bridgehead atoms. The van der Waals surface area contributed by atoms with Crippen molar-refractivity contribution in [1.82, 2.24) is 15.3 Å². The second-order valence-corrected chi connectivity index (χ2v) is 6.63. The summed E-state index contributed by atoms with van der Waals surface area (Å²) in [5, 5.41) is 3.37. The molecular formula is C21H24N4O2. The Labute approximate surface area is 159 Å². The molecule has 1 aromatic heterocycles. The molecule has 1 saturated heterocycles. The maximum Gasteiger partial charge on any atom is 0.258 e. The van der Waals surface area contributed by atoms with E-state index in [4.69, 9.17) is 19.4 Å². The number of aromatic nitrogens is 2. The van der Waals surface area contributed by atoms with Crippen LogP contribution in [-0.4, -0.2) is 48.9 Å². The molecule has 0 radical (unpaired) electrons. The van der Waals surface area contributed by atoms with Crippen molar-refractivity contribution in [2.24, 2.45) is 0 Å². The van der Waals surface area contributed by atoms with Crippen LogP contribution in [0.5, 0.6) is 11.6 Å². The molecule has 3 aromatic rings. The molecule has 0 aliphatic carbocycles. The van der Waals surface area contributed by atoms with E-state index in [9.17, 15) is 0 Å². The summed E-state index contributed by atoms with van der Waals surface area (Å²) in [6, 6.07) is 17.7. The Morgan fingerprint density at radius 3 is 2.37 bits per heavy atom. The topological polar surface area (TPSA) is 59.5 Å². The van der Waals surface area contributed by atoms with Crippen molar-refractivity contribution >= 4 is 16.9 Å². The number of para-hydroxylation sites is 3. The largest absolute Gasteiger partial charge is 0.487 e. The molecule has 1 atom stereocenters. The minimum Gasteiger partial charge on any atom is -0.487 e. The smallest absolute Gasteiger partial charge is 0.258 e. The quantitative estimate of drug-likeness (QED) is 0.726. The SMILES string of the molecule is CC(COc1nc2ccccc2nc1N1CCNCC1)Oc1ccccc1. The third-order valence-corrected chi connectivity index (χ3v) is 4.47. The zero-order valence-corrected chi connectivity index (χ0v) is 15.5. The number of nitrogens with one attached hydrogen (secondary N) is 1. The summed E-state index contributed by atoms with van der Waals surface area (Å²) in [5.74, 6) is 2.21. The monoisotopic (exact) mass is 364 g/mol. The van der Waals surface area contributed by atoms with Crippen molar-refractivity contribution in [3.8, 4) is 11.6 Å². The average molecular weight is 364 g/mol. The van der Waals surface area contributed by atoms with Gasteiger partial charge in [-0.15, -0.1) is 0 Å². The van der Waals surface area contributed by atoms with Gasteiger partial charge in [-0.25, -0.2) is 9.97 Å². The fourth-order valence-corrected chi connectivity index (χ4v) is 3.12. The zero-order chi connectivity index (χ0) is 18.5. The van der Waals surface area contributed by atoms with E-state index >= 15 is 0 Å². The minimum atomic E-state index is -0.100. The van der Waals surface area contributed by atoms with Gasteiger partial charge in [0.25, 0.3) is 5.88 Å².